The Morgan fingerprint density at radius 3 is 2.68 bits per heavy atom. The van der Waals surface area contributed by atoms with E-state index in [2.05, 4.69) is 23.9 Å². The topological polar surface area (TPSA) is 51.0 Å². The van der Waals surface area contributed by atoms with Crippen molar-refractivity contribution in [3.63, 3.8) is 0 Å². The van der Waals surface area contributed by atoms with Gasteiger partial charge in [0.1, 0.15) is 6.54 Å². The van der Waals surface area contributed by atoms with Crippen LogP contribution >= 0.6 is 22.9 Å². The number of aromatic nitrogens is 3. The standard InChI is InChI=1S/C15H19ClN4OS/c1-11-7-17-14(22-11)15(2)3-5-19(6-4-15)13(21)10-20-9-12(16)8-18-20/h7-9H,3-6,10H2,1-2H3. The Bertz CT molecular complexity index is 673. The molecule has 22 heavy (non-hydrogen) atoms. The molecule has 5 nitrogen and oxygen atoms in total. The summed E-state index contributed by atoms with van der Waals surface area (Å²) in [5, 5.41) is 5.80. The molecule has 1 saturated heterocycles. The van der Waals surface area contributed by atoms with Crippen LogP contribution in [0.1, 0.15) is 29.7 Å². The molecular weight excluding hydrogens is 320 g/mol. The monoisotopic (exact) mass is 338 g/mol. The third-order valence-electron chi connectivity index (χ3n) is 4.26. The fraction of sp³-hybridized carbons (Fsp3) is 0.533. The Labute approximate surface area is 138 Å². The van der Waals surface area contributed by atoms with Gasteiger partial charge in [0.25, 0.3) is 0 Å². The van der Waals surface area contributed by atoms with E-state index in [1.807, 2.05) is 11.1 Å². The molecule has 0 atom stereocenters. The normalized spacial score (nSPS) is 17.7. The number of aryl methyl sites for hydroxylation is 1. The minimum absolute atomic E-state index is 0.0880. The summed E-state index contributed by atoms with van der Waals surface area (Å²) >= 11 is 7.59. The highest BCUT2D eigenvalue weighted by molar-refractivity contribution is 7.11. The van der Waals surface area contributed by atoms with Crippen molar-refractivity contribution in [1.82, 2.24) is 19.7 Å². The maximum absolute atomic E-state index is 12.3. The van der Waals surface area contributed by atoms with Crippen LogP contribution in [0.2, 0.25) is 5.02 Å². The highest BCUT2D eigenvalue weighted by Gasteiger charge is 2.35. The number of piperidine rings is 1. The highest BCUT2D eigenvalue weighted by atomic mass is 35.5. The van der Waals surface area contributed by atoms with E-state index in [4.69, 9.17) is 11.6 Å². The molecule has 118 valence electrons. The van der Waals surface area contributed by atoms with Gasteiger partial charge in [0.15, 0.2) is 0 Å². The minimum Gasteiger partial charge on any atom is -0.341 e. The quantitative estimate of drug-likeness (QED) is 0.864. The molecule has 1 fully saturated rings. The Morgan fingerprint density at radius 1 is 1.41 bits per heavy atom. The van der Waals surface area contributed by atoms with Gasteiger partial charge >= 0.3 is 0 Å². The van der Waals surface area contributed by atoms with Gasteiger partial charge in [0.05, 0.1) is 16.2 Å². The number of carbonyl (C=O) groups is 1. The van der Waals surface area contributed by atoms with E-state index in [1.165, 1.54) is 9.88 Å². The van der Waals surface area contributed by atoms with Crippen LogP contribution in [0.3, 0.4) is 0 Å². The number of carbonyl (C=O) groups excluding carboxylic acids is 1. The first-order chi connectivity index (χ1) is 10.5. The van der Waals surface area contributed by atoms with Crippen molar-refractivity contribution in [3.8, 4) is 0 Å². The molecule has 0 aliphatic carbocycles. The van der Waals surface area contributed by atoms with Crippen molar-refractivity contribution in [3.05, 3.63) is 33.5 Å². The average molecular weight is 339 g/mol. The summed E-state index contributed by atoms with van der Waals surface area (Å²) in [7, 11) is 0. The average Bonchev–Trinajstić information content (AvgIpc) is 3.09. The van der Waals surface area contributed by atoms with Gasteiger partial charge in [-0.15, -0.1) is 11.3 Å². The van der Waals surface area contributed by atoms with Gasteiger partial charge in [-0.1, -0.05) is 18.5 Å². The van der Waals surface area contributed by atoms with E-state index in [9.17, 15) is 4.79 Å². The number of hydrogen-bond donors (Lipinski definition) is 0. The van der Waals surface area contributed by atoms with Gasteiger partial charge in [-0.3, -0.25) is 9.48 Å². The number of nitrogens with zero attached hydrogens (tertiary/aromatic N) is 4. The van der Waals surface area contributed by atoms with Gasteiger partial charge in [0, 0.05) is 35.8 Å². The second-order valence-electron chi connectivity index (χ2n) is 6.07. The maximum atomic E-state index is 12.3. The summed E-state index contributed by atoms with van der Waals surface area (Å²) in [5.74, 6) is 0.0946. The number of thiazole rings is 1. The van der Waals surface area contributed by atoms with Crippen LogP contribution < -0.4 is 0 Å². The molecule has 7 heteroatoms. The van der Waals surface area contributed by atoms with Crippen LogP contribution in [0.25, 0.3) is 0 Å². The molecule has 1 amide bonds. The molecule has 0 aromatic carbocycles. The van der Waals surface area contributed by atoms with Gasteiger partial charge in [-0.25, -0.2) is 4.98 Å². The van der Waals surface area contributed by atoms with Crippen LogP contribution in [0.15, 0.2) is 18.6 Å². The zero-order chi connectivity index (χ0) is 15.7. The Kier molecular flexibility index (Phi) is 4.23. The number of rotatable bonds is 3. The Balaban J connectivity index is 1.60. The summed E-state index contributed by atoms with van der Waals surface area (Å²) in [6.07, 6.45) is 7.06. The van der Waals surface area contributed by atoms with E-state index in [0.717, 1.165) is 25.9 Å². The zero-order valence-electron chi connectivity index (χ0n) is 12.8. The lowest BCUT2D eigenvalue weighted by atomic mass is 9.81. The fourth-order valence-corrected chi connectivity index (χ4v) is 3.88. The van der Waals surface area contributed by atoms with Crippen LogP contribution in [-0.4, -0.2) is 38.7 Å². The number of likely N-dealkylation sites (tertiary alicyclic amines) is 1. The van der Waals surface area contributed by atoms with E-state index >= 15 is 0 Å². The summed E-state index contributed by atoms with van der Waals surface area (Å²) in [4.78, 5) is 20.0. The zero-order valence-corrected chi connectivity index (χ0v) is 14.3. The minimum atomic E-state index is 0.0880. The number of hydrogen-bond acceptors (Lipinski definition) is 4. The molecule has 0 unspecified atom stereocenters. The lowest BCUT2D eigenvalue weighted by Crippen LogP contribution is -2.45. The molecule has 1 aliphatic heterocycles. The number of amides is 1. The number of halogens is 1. The molecule has 0 N–H and O–H groups in total. The predicted molar refractivity (Wildman–Crippen MR) is 87.3 cm³/mol. The van der Waals surface area contributed by atoms with Crippen LogP contribution in [0, 0.1) is 6.92 Å². The van der Waals surface area contributed by atoms with Crippen molar-refractivity contribution in [2.45, 2.75) is 38.6 Å². The molecule has 3 heterocycles. The molecule has 0 bridgehead atoms. The van der Waals surface area contributed by atoms with Crippen LogP contribution in [0.4, 0.5) is 0 Å². The molecular formula is C15H19ClN4OS. The second-order valence-corrected chi connectivity index (χ2v) is 7.74. The van der Waals surface area contributed by atoms with Crippen molar-refractivity contribution in [2.75, 3.05) is 13.1 Å². The highest BCUT2D eigenvalue weighted by Crippen LogP contribution is 2.37. The SMILES string of the molecule is Cc1cnc(C2(C)CCN(C(=O)Cn3cc(Cl)cn3)CC2)s1. The first kappa shape index (κ1) is 15.5. The lowest BCUT2D eigenvalue weighted by molar-refractivity contribution is -0.133. The molecule has 2 aromatic heterocycles. The van der Waals surface area contributed by atoms with Crippen molar-refractivity contribution < 1.29 is 4.79 Å². The first-order valence-corrected chi connectivity index (χ1v) is 8.54. The molecule has 1 aliphatic rings. The molecule has 3 rings (SSSR count). The van der Waals surface area contributed by atoms with Gasteiger partial charge in [-0.2, -0.15) is 5.10 Å². The van der Waals surface area contributed by atoms with Crippen LogP contribution in [-0.2, 0) is 16.8 Å². The summed E-state index contributed by atoms with van der Waals surface area (Å²) in [5.41, 5.74) is 0.0880. The summed E-state index contributed by atoms with van der Waals surface area (Å²) in [6, 6.07) is 0. The lowest BCUT2D eigenvalue weighted by Gasteiger charge is -2.38. The van der Waals surface area contributed by atoms with Crippen molar-refractivity contribution in [1.29, 1.82) is 0 Å². The first-order valence-electron chi connectivity index (χ1n) is 7.35. The van der Waals surface area contributed by atoms with Crippen molar-refractivity contribution >= 4 is 28.8 Å². The third kappa shape index (κ3) is 3.17. The maximum Gasteiger partial charge on any atom is 0.244 e. The summed E-state index contributed by atoms with van der Waals surface area (Å²) < 4.78 is 1.59. The van der Waals surface area contributed by atoms with Crippen LogP contribution in [0.5, 0.6) is 0 Å². The smallest absolute Gasteiger partial charge is 0.244 e. The largest absolute Gasteiger partial charge is 0.341 e. The molecule has 0 saturated carbocycles. The Morgan fingerprint density at radius 2 is 2.14 bits per heavy atom. The molecule has 2 aromatic rings. The Hall–Kier alpha value is -1.40. The van der Waals surface area contributed by atoms with Gasteiger partial charge < -0.3 is 4.90 Å². The molecule has 0 radical (unpaired) electrons. The fourth-order valence-electron chi connectivity index (χ4n) is 2.76. The van der Waals surface area contributed by atoms with E-state index in [0.29, 0.717) is 5.02 Å². The van der Waals surface area contributed by atoms with E-state index in [-0.39, 0.29) is 17.9 Å². The second kappa shape index (κ2) is 6.01. The third-order valence-corrected chi connectivity index (χ3v) is 5.67. The van der Waals surface area contributed by atoms with E-state index < -0.39 is 0 Å². The van der Waals surface area contributed by atoms with Crippen molar-refractivity contribution in [2.24, 2.45) is 0 Å². The van der Waals surface area contributed by atoms with Gasteiger partial charge in [-0.05, 0) is 19.8 Å². The molecule has 0 spiro atoms. The van der Waals surface area contributed by atoms with Gasteiger partial charge in [0.2, 0.25) is 5.91 Å². The summed E-state index contributed by atoms with van der Waals surface area (Å²) in [6.45, 7) is 6.12. The van der Waals surface area contributed by atoms with E-state index in [1.54, 1.807) is 28.4 Å². The predicted octanol–water partition coefficient (Wildman–Crippen LogP) is 2.88.